The van der Waals surface area contributed by atoms with Crippen molar-refractivity contribution in [2.45, 2.75) is 12.8 Å². The van der Waals surface area contributed by atoms with Crippen LogP contribution in [0.5, 0.6) is 11.5 Å². The molecule has 0 radical (unpaired) electrons. The van der Waals surface area contributed by atoms with Crippen LogP contribution < -0.4 is 14.9 Å². The number of methoxy groups -OCH3 is 2. The first-order chi connectivity index (χ1) is 12.5. The SMILES string of the molecule is COc1ccc(CCC(=O)NN2C(=O)c3cccnc3C2=O)cc1OC. The van der Waals surface area contributed by atoms with Gasteiger partial charge in [-0.25, -0.2) is 0 Å². The molecule has 0 fully saturated rings. The Kier molecular flexibility index (Phi) is 4.83. The van der Waals surface area contributed by atoms with Crippen LogP contribution in [0.2, 0.25) is 0 Å². The number of fused-ring (bicyclic) bond motifs is 1. The number of hydrogen-bond acceptors (Lipinski definition) is 6. The highest BCUT2D eigenvalue weighted by Crippen LogP contribution is 2.28. The van der Waals surface area contributed by atoms with Gasteiger partial charge < -0.3 is 9.47 Å². The molecule has 2 aromatic rings. The Morgan fingerprint density at radius 2 is 1.88 bits per heavy atom. The van der Waals surface area contributed by atoms with Gasteiger partial charge in [-0.15, -0.1) is 0 Å². The molecule has 1 aliphatic heterocycles. The minimum Gasteiger partial charge on any atom is -0.493 e. The normalized spacial score (nSPS) is 12.8. The molecule has 0 unspecified atom stereocenters. The van der Waals surface area contributed by atoms with Gasteiger partial charge in [-0.1, -0.05) is 6.07 Å². The number of aryl methyl sites for hydroxylation is 1. The van der Waals surface area contributed by atoms with Crippen LogP contribution in [0.1, 0.15) is 32.8 Å². The van der Waals surface area contributed by atoms with Crippen LogP contribution in [-0.4, -0.2) is 41.9 Å². The van der Waals surface area contributed by atoms with Crippen LogP contribution in [0.4, 0.5) is 0 Å². The molecule has 0 spiro atoms. The molecule has 0 saturated carbocycles. The number of amides is 3. The predicted octanol–water partition coefficient (Wildman–Crippen LogP) is 1.36. The molecule has 1 aliphatic rings. The summed E-state index contributed by atoms with van der Waals surface area (Å²) >= 11 is 0. The summed E-state index contributed by atoms with van der Waals surface area (Å²) < 4.78 is 10.4. The van der Waals surface area contributed by atoms with E-state index in [1.807, 2.05) is 6.07 Å². The minimum absolute atomic E-state index is 0.0395. The largest absolute Gasteiger partial charge is 0.493 e. The molecular formula is C18H17N3O5. The fourth-order valence-corrected chi connectivity index (χ4v) is 2.64. The average molecular weight is 355 g/mol. The summed E-state index contributed by atoms with van der Waals surface area (Å²) in [5.74, 6) is -0.506. The van der Waals surface area contributed by atoms with Gasteiger partial charge in [-0.05, 0) is 36.2 Å². The summed E-state index contributed by atoms with van der Waals surface area (Å²) in [5.41, 5.74) is 3.43. The van der Waals surface area contributed by atoms with Gasteiger partial charge >= 0.3 is 0 Å². The molecule has 1 N–H and O–H groups in total. The number of ether oxygens (including phenoxy) is 2. The third-order valence-electron chi connectivity index (χ3n) is 3.97. The number of rotatable bonds is 6. The number of pyridine rings is 1. The zero-order valence-electron chi connectivity index (χ0n) is 14.3. The number of benzene rings is 1. The van der Waals surface area contributed by atoms with Gasteiger partial charge in [0, 0.05) is 12.6 Å². The van der Waals surface area contributed by atoms with Gasteiger partial charge in [0.2, 0.25) is 5.91 Å². The first-order valence-corrected chi connectivity index (χ1v) is 7.89. The van der Waals surface area contributed by atoms with Gasteiger partial charge in [0.15, 0.2) is 11.5 Å². The van der Waals surface area contributed by atoms with Crippen molar-refractivity contribution in [3.8, 4) is 11.5 Å². The molecule has 3 amide bonds. The molecule has 0 aliphatic carbocycles. The summed E-state index contributed by atoms with van der Waals surface area (Å²) in [6.07, 6.45) is 1.93. The van der Waals surface area contributed by atoms with E-state index >= 15 is 0 Å². The van der Waals surface area contributed by atoms with Gasteiger partial charge in [0.25, 0.3) is 11.8 Å². The molecule has 2 heterocycles. The van der Waals surface area contributed by atoms with Crippen LogP contribution in [0.25, 0.3) is 0 Å². The molecule has 0 saturated heterocycles. The summed E-state index contributed by atoms with van der Waals surface area (Å²) in [7, 11) is 3.08. The molecular weight excluding hydrogens is 338 g/mol. The summed E-state index contributed by atoms with van der Waals surface area (Å²) in [4.78, 5) is 40.4. The Labute approximate surface area is 149 Å². The Bertz CT molecular complexity index is 846. The summed E-state index contributed by atoms with van der Waals surface area (Å²) in [6.45, 7) is 0. The third-order valence-corrected chi connectivity index (χ3v) is 3.97. The highest BCUT2D eigenvalue weighted by atomic mass is 16.5. The van der Waals surface area contributed by atoms with E-state index < -0.39 is 17.7 Å². The zero-order chi connectivity index (χ0) is 18.7. The fraction of sp³-hybridized carbons (Fsp3) is 0.222. The standard InChI is InChI=1S/C18H17N3O5/c1-25-13-7-5-11(10-14(13)26-2)6-8-15(22)20-21-17(23)12-4-3-9-19-16(12)18(21)24/h3-5,7,9-10H,6,8H2,1-2H3,(H,20,22). The predicted molar refractivity (Wildman–Crippen MR) is 90.7 cm³/mol. The Morgan fingerprint density at radius 1 is 1.12 bits per heavy atom. The third kappa shape index (κ3) is 3.21. The lowest BCUT2D eigenvalue weighted by molar-refractivity contribution is -0.124. The Balaban J connectivity index is 1.62. The van der Waals surface area contributed by atoms with E-state index in [9.17, 15) is 14.4 Å². The van der Waals surface area contributed by atoms with Crippen molar-refractivity contribution in [1.29, 1.82) is 0 Å². The molecule has 0 atom stereocenters. The second-order valence-corrected chi connectivity index (χ2v) is 5.57. The Morgan fingerprint density at radius 3 is 2.58 bits per heavy atom. The minimum atomic E-state index is -0.634. The number of carbonyl (C=O) groups excluding carboxylic acids is 3. The Hall–Kier alpha value is -3.42. The lowest BCUT2D eigenvalue weighted by Gasteiger charge is -2.15. The zero-order valence-corrected chi connectivity index (χ0v) is 14.3. The number of aromatic nitrogens is 1. The van der Waals surface area contributed by atoms with Crippen LogP contribution in [0.15, 0.2) is 36.5 Å². The molecule has 1 aromatic heterocycles. The maximum atomic E-state index is 12.2. The van der Waals surface area contributed by atoms with Gasteiger partial charge in [-0.2, -0.15) is 5.01 Å². The quantitative estimate of drug-likeness (QED) is 0.786. The van der Waals surface area contributed by atoms with E-state index in [0.29, 0.717) is 22.9 Å². The van der Waals surface area contributed by atoms with Crippen molar-refractivity contribution in [3.05, 3.63) is 53.3 Å². The maximum Gasteiger partial charge on any atom is 0.299 e. The van der Waals surface area contributed by atoms with Crippen molar-refractivity contribution in [3.63, 3.8) is 0 Å². The van der Waals surface area contributed by atoms with E-state index in [2.05, 4.69) is 10.4 Å². The molecule has 134 valence electrons. The number of carbonyl (C=O) groups is 3. The van der Waals surface area contributed by atoms with Crippen LogP contribution in [0.3, 0.4) is 0 Å². The molecule has 8 nitrogen and oxygen atoms in total. The smallest absolute Gasteiger partial charge is 0.299 e. The topological polar surface area (TPSA) is 97.8 Å². The summed E-state index contributed by atoms with van der Waals surface area (Å²) in [6, 6.07) is 8.41. The van der Waals surface area contributed by atoms with E-state index in [1.165, 1.54) is 19.4 Å². The fourth-order valence-electron chi connectivity index (χ4n) is 2.64. The second-order valence-electron chi connectivity index (χ2n) is 5.57. The monoisotopic (exact) mass is 355 g/mol. The van der Waals surface area contributed by atoms with Gasteiger partial charge in [-0.3, -0.25) is 24.8 Å². The number of hydrazine groups is 1. The van der Waals surface area contributed by atoms with E-state index in [4.69, 9.17) is 9.47 Å². The van der Waals surface area contributed by atoms with Crippen molar-refractivity contribution in [2.24, 2.45) is 0 Å². The molecule has 1 aromatic carbocycles. The molecule has 3 rings (SSSR count). The van der Waals surface area contributed by atoms with E-state index in [1.54, 1.807) is 25.3 Å². The first-order valence-electron chi connectivity index (χ1n) is 7.89. The number of nitrogens with one attached hydrogen (secondary N) is 1. The maximum absolute atomic E-state index is 12.2. The summed E-state index contributed by atoms with van der Waals surface area (Å²) in [5, 5.41) is 0.703. The molecule has 0 bridgehead atoms. The second kappa shape index (κ2) is 7.22. The van der Waals surface area contributed by atoms with E-state index in [0.717, 1.165) is 5.56 Å². The van der Waals surface area contributed by atoms with Gasteiger partial charge in [0.05, 0.1) is 19.8 Å². The number of nitrogens with zero attached hydrogens (tertiary/aromatic N) is 2. The van der Waals surface area contributed by atoms with Crippen molar-refractivity contribution >= 4 is 17.7 Å². The van der Waals surface area contributed by atoms with Crippen LogP contribution in [-0.2, 0) is 11.2 Å². The van der Waals surface area contributed by atoms with Crippen molar-refractivity contribution < 1.29 is 23.9 Å². The van der Waals surface area contributed by atoms with Gasteiger partial charge in [0.1, 0.15) is 5.69 Å². The number of imide groups is 1. The first kappa shape index (κ1) is 17.4. The lowest BCUT2D eigenvalue weighted by Crippen LogP contribution is -2.46. The van der Waals surface area contributed by atoms with E-state index in [-0.39, 0.29) is 17.7 Å². The average Bonchev–Trinajstić information content (AvgIpc) is 2.91. The molecule has 8 heteroatoms. The van der Waals surface area contributed by atoms with Crippen LogP contribution >= 0.6 is 0 Å². The number of hydrogen-bond donors (Lipinski definition) is 1. The van der Waals surface area contributed by atoms with Crippen molar-refractivity contribution in [2.75, 3.05) is 14.2 Å². The highest BCUT2D eigenvalue weighted by molar-refractivity contribution is 6.20. The lowest BCUT2D eigenvalue weighted by atomic mass is 10.1. The molecule has 26 heavy (non-hydrogen) atoms. The van der Waals surface area contributed by atoms with Crippen LogP contribution in [0, 0.1) is 0 Å². The van der Waals surface area contributed by atoms with Crippen molar-refractivity contribution in [1.82, 2.24) is 15.4 Å². The highest BCUT2D eigenvalue weighted by Gasteiger charge is 2.37.